The van der Waals surface area contributed by atoms with Crippen molar-refractivity contribution in [2.45, 2.75) is 25.8 Å². The highest BCUT2D eigenvalue weighted by Crippen LogP contribution is 2.38. The fourth-order valence-corrected chi connectivity index (χ4v) is 4.88. The molecular formula is C20H20N5O2S+. The minimum Gasteiger partial charge on any atom is -0.323 e. The molecule has 1 aromatic carbocycles. The fraction of sp³-hybridized carbons (Fsp3) is 0.300. The number of nitriles is 1. The zero-order chi connectivity index (χ0) is 19.7. The van der Waals surface area contributed by atoms with Crippen LogP contribution in [0, 0.1) is 11.3 Å². The van der Waals surface area contributed by atoms with E-state index in [1.165, 1.54) is 16.2 Å². The Balaban J connectivity index is 1.43. The second kappa shape index (κ2) is 7.54. The molecule has 0 saturated carbocycles. The molecule has 0 saturated heterocycles. The Bertz CT molecular complexity index is 1160. The van der Waals surface area contributed by atoms with E-state index in [1.807, 2.05) is 13.1 Å². The highest BCUT2D eigenvalue weighted by Gasteiger charge is 2.23. The lowest BCUT2D eigenvalue weighted by Gasteiger charge is -2.13. The predicted molar refractivity (Wildman–Crippen MR) is 108 cm³/mol. The number of rotatable bonds is 5. The van der Waals surface area contributed by atoms with Gasteiger partial charge < -0.3 is 15.2 Å². The van der Waals surface area contributed by atoms with Gasteiger partial charge >= 0.3 is 0 Å². The van der Waals surface area contributed by atoms with Crippen LogP contribution in [0.2, 0.25) is 0 Å². The highest BCUT2D eigenvalue weighted by molar-refractivity contribution is 7.16. The monoisotopic (exact) mass is 394 g/mol. The van der Waals surface area contributed by atoms with Gasteiger partial charge in [-0.15, -0.1) is 11.3 Å². The molecular weight excluding hydrogens is 374 g/mol. The molecule has 0 radical (unpaired) electrons. The minimum atomic E-state index is -0.176. The first kappa shape index (κ1) is 18.3. The van der Waals surface area contributed by atoms with Gasteiger partial charge in [0, 0.05) is 4.88 Å². The number of nitrogens with zero attached hydrogens (tertiary/aromatic N) is 2. The Morgan fingerprint density at radius 3 is 3.04 bits per heavy atom. The molecule has 3 aromatic rings. The number of likely N-dealkylation sites (N-methyl/N-ethyl adjacent to an activating group) is 1. The molecule has 142 valence electrons. The molecule has 0 aliphatic heterocycles. The van der Waals surface area contributed by atoms with Gasteiger partial charge in [-0.25, -0.2) is 4.98 Å². The highest BCUT2D eigenvalue weighted by atomic mass is 32.1. The summed E-state index contributed by atoms with van der Waals surface area (Å²) in [4.78, 5) is 34.0. The number of nitrogens with one attached hydrogen (secondary N) is 3. The van der Waals surface area contributed by atoms with Crippen molar-refractivity contribution in [1.29, 1.82) is 5.26 Å². The first-order valence-electron chi connectivity index (χ1n) is 9.19. The Hall–Kier alpha value is -3.02. The SMILES string of the molecule is C[NH+](CC(=O)Nc1sc2c(c1C#N)CCC2)Cc1nc2ccccc2c(=O)[nH]1. The molecule has 2 heterocycles. The number of amides is 1. The lowest BCUT2D eigenvalue weighted by Crippen LogP contribution is -3.08. The van der Waals surface area contributed by atoms with Gasteiger partial charge in [0.15, 0.2) is 12.4 Å². The van der Waals surface area contributed by atoms with Gasteiger partial charge in [0.2, 0.25) is 0 Å². The molecule has 1 aliphatic carbocycles. The summed E-state index contributed by atoms with van der Waals surface area (Å²) in [5, 5.41) is 13.5. The first-order chi connectivity index (χ1) is 13.5. The fourth-order valence-electron chi connectivity index (χ4n) is 3.62. The van der Waals surface area contributed by atoms with Crippen LogP contribution in [0.5, 0.6) is 0 Å². The predicted octanol–water partition coefficient (Wildman–Crippen LogP) is 0.998. The third kappa shape index (κ3) is 3.54. The van der Waals surface area contributed by atoms with Crippen LogP contribution in [0.1, 0.15) is 28.2 Å². The van der Waals surface area contributed by atoms with Crippen LogP contribution in [0.3, 0.4) is 0 Å². The third-order valence-electron chi connectivity index (χ3n) is 4.88. The molecule has 1 amide bonds. The summed E-state index contributed by atoms with van der Waals surface area (Å²) in [5.41, 5.74) is 2.18. The maximum Gasteiger partial charge on any atom is 0.280 e. The molecule has 0 spiro atoms. The van der Waals surface area contributed by atoms with Crippen molar-refractivity contribution < 1.29 is 9.69 Å². The van der Waals surface area contributed by atoms with Gasteiger partial charge in [-0.3, -0.25) is 9.59 Å². The van der Waals surface area contributed by atoms with Crippen LogP contribution >= 0.6 is 11.3 Å². The van der Waals surface area contributed by atoms with E-state index in [2.05, 4.69) is 21.4 Å². The standard InChI is InChI=1S/C20H19N5O2S/c1-25(10-17-22-15-7-3-2-5-13(15)19(27)23-17)11-18(26)24-20-14(9-21)12-6-4-8-16(12)28-20/h2-3,5,7H,4,6,8,10-11H2,1H3,(H,24,26)(H,22,23,27)/p+1. The summed E-state index contributed by atoms with van der Waals surface area (Å²) >= 11 is 1.51. The maximum absolute atomic E-state index is 12.5. The van der Waals surface area contributed by atoms with Crippen molar-refractivity contribution in [2.24, 2.45) is 0 Å². The molecule has 1 unspecified atom stereocenters. The van der Waals surface area contributed by atoms with Gasteiger partial charge in [-0.05, 0) is 37.0 Å². The molecule has 7 nitrogen and oxygen atoms in total. The van der Waals surface area contributed by atoms with Crippen molar-refractivity contribution in [3.63, 3.8) is 0 Å². The van der Waals surface area contributed by atoms with Gasteiger partial charge in [0.1, 0.15) is 17.6 Å². The number of para-hydroxylation sites is 1. The number of H-pyrrole nitrogens is 1. The second-order valence-electron chi connectivity index (χ2n) is 7.06. The number of carbonyl (C=O) groups excluding carboxylic acids is 1. The van der Waals surface area contributed by atoms with Crippen molar-refractivity contribution in [1.82, 2.24) is 9.97 Å². The van der Waals surface area contributed by atoms with Crippen LogP contribution in [-0.4, -0.2) is 29.5 Å². The van der Waals surface area contributed by atoms with E-state index in [1.54, 1.807) is 18.2 Å². The topological polar surface area (TPSA) is 103 Å². The van der Waals surface area contributed by atoms with E-state index in [-0.39, 0.29) is 18.0 Å². The Morgan fingerprint density at radius 2 is 2.21 bits per heavy atom. The van der Waals surface area contributed by atoms with Crippen LogP contribution in [0.4, 0.5) is 5.00 Å². The summed E-state index contributed by atoms with van der Waals surface area (Å²) in [6.07, 6.45) is 2.97. The van der Waals surface area contributed by atoms with Gasteiger partial charge in [-0.1, -0.05) is 12.1 Å². The molecule has 1 aliphatic rings. The lowest BCUT2D eigenvalue weighted by molar-refractivity contribution is -0.885. The molecule has 3 N–H and O–H groups in total. The average Bonchev–Trinajstić information content (AvgIpc) is 3.22. The Morgan fingerprint density at radius 1 is 1.39 bits per heavy atom. The molecule has 0 fully saturated rings. The largest absolute Gasteiger partial charge is 0.323 e. The first-order valence-corrected chi connectivity index (χ1v) is 10.0. The number of aromatic amines is 1. The van der Waals surface area contributed by atoms with E-state index < -0.39 is 0 Å². The lowest BCUT2D eigenvalue weighted by atomic mass is 10.1. The minimum absolute atomic E-state index is 0.156. The number of benzene rings is 1. The molecule has 4 rings (SSSR count). The van der Waals surface area contributed by atoms with Gasteiger partial charge in [0.05, 0.1) is 23.5 Å². The summed E-state index contributed by atoms with van der Waals surface area (Å²) in [6.45, 7) is 0.628. The van der Waals surface area contributed by atoms with E-state index in [4.69, 9.17) is 0 Å². The number of aryl methyl sites for hydroxylation is 1. The summed E-state index contributed by atoms with van der Waals surface area (Å²) in [6, 6.07) is 9.42. The summed E-state index contributed by atoms with van der Waals surface area (Å²) in [7, 11) is 1.87. The van der Waals surface area contributed by atoms with Crippen LogP contribution in [-0.2, 0) is 24.2 Å². The van der Waals surface area contributed by atoms with Gasteiger partial charge in [0.25, 0.3) is 11.5 Å². The summed E-state index contributed by atoms with van der Waals surface area (Å²) < 4.78 is 0. The molecule has 0 bridgehead atoms. The number of hydrogen-bond acceptors (Lipinski definition) is 5. The Kier molecular flexibility index (Phi) is 4.94. The summed E-state index contributed by atoms with van der Waals surface area (Å²) in [5.74, 6) is 0.388. The second-order valence-corrected chi connectivity index (χ2v) is 8.17. The zero-order valence-electron chi connectivity index (χ0n) is 15.5. The van der Waals surface area contributed by atoms with Crippen LogP contribution in [0.25, 0.3) is 10.9 Å². The molecule has 2 aromatic heterocycles. The number of hydrogen-bond donors (Lipinski definition) is 3. The number of anilines is 1. The van der Waals surface area contributed by atoms with Crippen molar-refractivity contribution in [3.05, 3.63) is 56.4 Å². The zero-order valence-corrected chi connectivity index (χ0v) is 16.3. The molecule has 1 atom stereocenters. The molecule has 8 heteroatoms. The Labute approximate surface area is 165 Å². The van der Waals surface area contributed by atoms with Crippen LogP contribution < -0.4 is 15.8 Å². The average molecular weight is 394 g/mol. The van der Waals surface area contributed by atoms with E-state index in [0.29, 0.717) is 33.8 Å². The van der Waals surface area contributed by atoms with Gasteiger partial charge in [-0.2, -0.15) is 5.26 Å². The maximum atomic E-state index is 12.5. The van der Waals surface area contributed by atoms with Crippen LogP contribution in [0.15, 0.2) is 29.1 Å². The van der Waals surface area contributed by atoms with Crippen molar-refractivity contribution in [2.75, 3.05) is 18.9 Å². The van der Waals surface area contributed by atoms with E-state index in [0.717, 1.165) is 29.7 Å². The number of aromatic nitrogens is 2. The van der Waals surface area contributed by atoms with E-state index in [9.17, 15) is 14.9 Å². The number of quaternary nitrogens is 1. The molecule has 28 heavy (non-hydrogen) atoms. The normalized spacial score (nSPS) is 13.9. The quantitative estimate of drug-likeness (QED) is 0.601. The number of carbonyl (C=O) groups is 1. The smallest absolute Gasteiger partial charge is 0.280 e. The van der Waals surface area contributed by atoms with Crippen molar-refractivity contribution in [3.8, 4) is 6.07 Å². The van der Waals surface area contributed by atoms with Crippen molar-refractivity contribution >= 4 is 33.1 Å². The number of fused-ring (bicyclic) bond motifs is 2. The third-order valence-corrected chi connectivity index (χ3v) is 6.09. The van der Waals surface area contributed by atoms with E-state index >= 15 is 0 Å². The number of thiophene rings is 1.